The molecular weight excluding hydrogens is 833 g/mol. The zero-order chi connectivity index (χ0) is 46.1. The Labute approximate surface area is 403 Å². The van der Waals surface area contributed by atoms with E-state index < -0.39 is 0 Å². The van der Waals surface area contributed by atoms with Gasteiger partial charge < -0.3 is 9.47 Å². The monoisotopic (exact) mass is 880 g/mol. The van der Waals surface area contributed by atoms with Crippen LogP contribution in [0.5, 0.6) is 0 Å². The topological polar surface area (TPSA) is 8.17 Å². The minimum atomic E-state index is -0.111. The molecule has 1 aliphatic rings. The second-order valence-electron chi connectivity index (χ2n) is 18.8. The summed E-state index contributed by atoms with van der Waals surface area (Å²) in [5.74, 6) is 0. The lowest BCUT2D eigenvalue weighted by molar-refractivity contribution is 0.660. The van der Waals surface area contributed by atoms with Crippen molar-refractivity contribution in [2.75, 3.05) is 4.90 Å². The van der Waals surface area contributed by atoms with Crippen LogP contribution in [0.1, 0.15) is 25.0 Å². The minimum Gasteiger partial charge on any atom is -0.310 e. The molecule has 0 fully saturated rings. The van der Waals surface area contributed by atoms with Crippen molar-refractivity contribution in [3.63, 3.8) is 0 Å². The Morgan fingerprint density at radius 1 is 0.333 bits per heavy atom. The van der Waals surface area contributed by atoms with Crippen molar-refractivity contribution in [3.8, 4) is 61.5 Å². The zero-order valence-electron chi connectivity index (χ0n) is 38.6. The first-order valence-electron chi connectivity index (χ1n) is 24.0. The Balaban J connectivity index is 0.936. The molecule has 0 atom stereocenters. The van der Waals surface area contributed by atoms with Crippen LogP contribution in [0.25, 0.3) is 93.9 Å². The van der Waals surface area contributed by atoms with E-state index in [1.165, 1.54) is 99.3 Å². The van der Waals surface area contributed by atoms with Gasteiger partial charge in [-0.3, -0.25) is 0 Å². The lowest BCUT2D eigenvalue weighted by atomic mass is 9.82. The predicted octanol–water partition coefficient (Wildman–Crippen LogP) is 18.4. The molecule has 0 N–H and O–H groups in total. The molecule has 0 amide bonds. The van der Waals surface area contributed by atoms with Gasteiger partial charge in [0.25, 0.3) is 0 Å². The second kappa shape index (κ2) is 16.3. The fourth-order valence-corrected chi connectivity index (χ4v) is 11.3. The van der Waals surface area contributed by atoms with Gasteiger partial charge in [0, 0.05) is 44.5 Å². The molecule has 1 aromatic heterocycles. The highest BCUT2D eigenvalue weighted by atomic mass is 15.1. The first-order chi connectivity index (χ1) is 34.0. The average Bonchev–Trinajstić information content (AvgIpc) is 3.90. The highest BCUT2D eigenvalue weighted by molar-refractivity contribution is 6.30. The van der Waals surface area contributed by atoms with Crippen molar-refractivity contribution in [2.24, 2.45) is 0 Å². The van der Waals surface area contributed by atoms with Gasteiger partial charge in [-0.2, -0.15) is 0 Å². The highest BCUT2D eigenvalue weighted by Gasteiger charge is 2.36. The van der Waals surface area contributed by atoms with Crippen molar-refractivity contribution in [2.45, 2.75) is 19.3 Å². The number of benzene rings is 11. The van der Waals surface area contributed by atoms with Crippen LogP contribution in [-0.4, -0.2) is 4.57 Å². The first-order valence-corrected chi connectivity index (χ1v) is 24.0. The molecule has 0 saturated heterocycles. The average molecular weight is 881 g/mol. The molecule has 0 radical (unpaired) electrons. The standard InChI is InChI=1S/C67H48N2/c1-67(2)61-29-17-16-26-57(61)58-43-42-54(44-62(58)67)68(52-38-34-47(35-39-52)45-18-6-3-7-19-45)53-40-36-48(37-41-53)46-30-32-49(33-31-46)63-64-59-27-14-12-24-55(59)56-25-13-15-28-60(56)66(64)69(51-22-10-5-11-23-51)65(63)50-20-8-4-9-21-50/h3-44H,1-2H3. The van der Waals surface area contributed by atoms with Crippen LogP contribution < -0.4 is 4.90 Å². The third-order valence-electron chi connectivity index (χ3n) is 14.6. The van der Waals surface area contributed by atoms with Gasteiger partial charge in [0.2, 0.25) is 0 Å². The summed E-state index contributed by atoms with van der Waals surface area (Å²) in [6.07, 6.45) is 0. The fraction of sp³-hybridized carbons (Fsp3) is 0.0448. The molecule has 0 unspecified atom stereocenters. The van der Waals surface area contributed by atoms with E-state index in [4.69, 9.17) is 0 Å². The maximum Gasteiger partial charge on any atom is 0.0626 e. The fourth-order valence-electron chi connectivity index (χ4n) is 11.3. The summed E-state index contributed by atoms with van der Waals surface area (Å²) in [5.41, 5.74) is 20.5. The van der Waals surface area contributed by atoms with Gasteiger partial charge in [0.05, 0.1) is 11.2 Å². The lowest BCUT2D eigenvalue weighted by Crippen LogP contribution is -2.16. The number of para-hydroxylation sites is 1. The van der Waals surface area contributed by atoms with E-state index in [1.54, 1.807) is 0 Å². The number of aromatic nitrogens is 1. The summed E-state index contributed by atoms with van der Waals surface area (Å²) in [7, 11) is 0. The number of hydrogen-bond donors (Lipinski definition) is 0. The van der Waals surface area contributed by atoms with Crippen LogP contribution in [0.2, 0.25) is 0 Å². The maximum atomic E-state index is 2.50. The summed E-state index contributed by atoms with van der Waals surface area (Å²) < 4.78 is 2.50. The number of anilines is 3. The zero-order valence-corrected chi connectivity index (χ0v) is 38.6. The summed E-state index contributed by atoms with van der Waals surface area (Å²) >= 11 is 0. The molecule has 69 heavy (non-hydrogen) atoms. The smallest absolute Gasteiger partial charge is 0.0626 e. The molecule has 0 aliphatic heterocycles. The molecule has 0 bridgehead atoms. The lowest BCUT2D eigenvalue weighted by Gasteiger charge is -2.28. The Morgan fingerprint density at radius 3 is 1.39 bits per heavy atom. The van der Waals surface area contributed by atoms with E-state index in [0.717, 1.165) is 22.7 Å². The van der Waals surface area contributed by atoms with Crippen LogP contribution in [0, 0.1) is 0 Å². The van der Waals surface area contributed by atoms with E-state index in [-0.39, 0.29) is 5.41 Å². The Kier molecular flexibility index (Phi) is 9.55. The van der Waals surface area contributed by atoms with Crippen molar-refractivity contribution in [1.82, 2.24) is 4.57 Å². The van der Waals surface area contributed by atoms with Gasteiger partial charge in [-0.1, -0.05) is 220 Å². The quantitative estimate of drug-likeness (QED) is 0.138. The van der Waals surface area contributed by atoms with E-state index >= 15 is 0 Å². The van der Waals surface area contributed by atoms with E-state index in [0.29, 0.717) is 0 Å². The molecule has 0 saturated carbocycles. The maximum absolute atomic E-state index is 2.50. The van der Waals surface area contributed by atoms with Gasteiger partial charge in [-0.25, -0.2) is 0 Å². The summed E-state index contributed by atoms with van der Waals surface area (Å²) in [5, 5.41) is 6.28. The molecule has 2 nitrogen and oxygen atoms in total. The minimum absolute atomic E-state index is 0.111. The van der Waals surface area contributed by atoms with Crippen LogP contribution in [0.3, 0.4) is 0 Å². The molecule has 11 aromatic carbocycles. The van der Waals surface area contributed by atoms with Crippen molar-refractivity contribution >= 4 is 49.5 Å². The van der Waals surface area contributed by atoms with Gasteiger partial charge in [-0.15, -0.1) is 0 Å². The van der Waals surface area contributed by atoms with E-state index in [1.807, 2.05) is 0 Å². The van der Waals surface area contributed by atoms with Gasteiger partial charge in [-0.05, 0) is 120 Å². The van der Waals surface area contributed by atoms with Crippen molar-refractivity contribution < 1.29 is 0 Å². The molecule has 2 heteroatoms. The van der Waals surface area contributed by atoms with Gasteiger partial charge >= 0.3 is 0 Å². The van der Waals surface area contributed by atoms with Crippen LogP contribution >= 0.6 is 0 Å². The molecule has 1 heterocycles. The van der Waals surface area contributed by atoms with Crippen LogP contribution in [0.15, 0.2) is 255 Å². The molecule has 13 rings (SSSR count). The Morgan fingerprint density at radius 2 is 0.768 bits per heavy atom. The molecular formula is C67H48N2. The number of nitrogens with zero attached hydrogens (tertiary/aromatic N) is 2. The first kappa shape index (κ1) is 40.5. The van der Waals surface area contributed by atoms with E-state index in [2.05, 4.69) is 278 Å². The Hall–Kier alpha value is -8.72. The SMILES string of the molecule is CC1(C)c2ccccc2-c2ccc(N(c3ccc(-c4ccccc4)cc3)c3ccc(-c4ccc(-c5c(-c6ccccc6)n(-c6ccccc6)c6c7ccccc7c7ccccc7c56)cc4)cc3)cc21. The number of hydrogen-bond acceptors (Lipinski definition) is 1. The predicted molar refractivity (Wildman–Crippen MR) is 292 cm³/mol. The third kappa shape index (κ3) is 6.63. The molecule has 0 spiro atoms. The van der Waals surface area contributed by atoms with E-state index in [9.17, 15) is 0 Å². The molecule has 1 aliphatic carbocycles. The van der Waals surface area contributed by atoms with Gasteiger partial charge in [0.15, 0.2) is 0 Å². The van der Waals surface area contributed by atoms with Crippen LogP contribution in [-0.2, 0) is 5.41 Å². The van der Waals surface area contributed by atoms with Crippen molar-refractivity contribution in [3.05, 3.63) is 266 Å². The molecule has 12 aromatic rings. The molecule has 326 valence electrons. The van der Waals surface area contributed by atoms with Crippen LogP contribution in [0.4, 0.5) is 17.1 Å². The largest absolute Gasteiger partial charge is 0.310 e. The van der Waals surface area contributed by atoms with Gasteiger partial charge in [0.1, 0.15) is 0 Å². The summed E-state index contributed by atoms with van der Waals surface area (Å²) in [6, 6.07) is 93.5. The number of fused-ring (bicyclic) bond motifs is 9. The normalized spacial score (nSPS) is 12.6. The summed E-state index contributed by atoms with van der Waals surface area (Å²) in [4.78, 5) is 2.41. The van der Waals surface area contributed by atoms with Crippen molar-refractivity contribution in [1.29, 1.82) is 0 Å². The number of rotatable bonds is 8. The Bertz CT molecular complexity index is 3870. The third-order valence-corrected chi connectivity index (χ3v) is 14.6. The second-order valence-corrected chi connectivity index (χ2v) is 18.8. The summed E-state index contributed by atoms with van der Waals surface area (Å²) in [6.45, 7) is 4.71. The highest BCUT2D eigenvalue weighted by Crippen LogP contribution is 2.52.